The van der Waals surface area contributed by atoms with Crippen molar-refractivity contribution in [2.45, 2.75) is 19.3 Å². The van der Waals surface area contributed by atoms with Crippen LogP contribution in [0.3, 0.4) is 0 Å². The Morgan fingerprint density at radius 3 is 1.38 bits per heavy atom. The van der Waals surface area contributed by atoms with Crippen LogP contribution < -0.4 is 5.32 Å². The zero-order valence-electron chi connectivity index (χ0n) is 15.9. The van der Waals surface area contributed by atoms with Crippen LogP contribution in [0.15, 0.2) is 78.4 Å². The molecular weight excluding hydrogens is 314 g/mol. The fourth-order valence-corrected chi connectivity index (χ4v) is 4.75. The Kier molecular flexibility index (Phi) is 4.05. The summed E-state index contributed by atoms with van der Waals surface area (Å²) in [4.78, 5) is 0. The van der Waals surface area contributed by atoms with E-state index < -0.39 is 0 Å². The first-order chi connectivity index (χ1) is 12.7. The van der Waals surface area contributed by atoms with Crippen LogP contribution >= 0.6 is 0 Å². The summed E-state index contributed by atoms with van der Waals surface area (Å²) < 4.78 is 0. The maximum Gasteiger partial charge on any atom is 0.0682 e. The average Bonchev–Trinajstić information content (AvgIpc) is 3.10. The van der Waals surface area contributed by atoms with Crippen molar-refractivity contribution in [2.75, 3.05) is 14.1 Å². The molecule has 2 aliphatic carbocycles. The minimum atomic E-state index is -0.103. The second kappa shape index (κ2) is 6.26. The molecule has 0 radical (unpaired) electrons. The molecule has 1 spiro atoms. The second-order valence-corrected chi connectivity index (χ2v) is 7.14. The van der Waals surface area contributed by atoms with Crippen molar-refractivity contribution in [3.63, 3.8) is 0 Å². The number of rotatable bonds is 0. The zero-order valence-corrected chi connectivity index (χ0v) is 15.9. The molecule has 2 aliphatic rings. The van der Waals surface area contributed by atoms with Gasteiger partial charge in [-0.05, 0) is 66.9 Å². The highest BCUT2D eigenvalue weighted by Gasteiger charge is 2.50. The van der Waals surface area contributed by atoms with Crippen molar-refractivity contribution in [3.8, 4) is 11.1 Å². The maximum atomic E-state index is 2.75. The first-order valence-corrected chi connectivity index (χ1v) is 9.23. The minimum absolute atomic E-state index is 0.103. The molecule has 0 saturated carbocycles. The number of benzene rings is 3. The molecule has 26 heavy (non-hydrogen) atoms. The van der Waals surface area contributed by atoms with Crippen LogP contribution in [0.4, 0.5) is 0 Å². The smallest absolute Gasteiger partial charge is 0.0682 e. The van der Waals surface area contributed by atoms with Gasteiger partial charge in [0.15, 0.2) is 0 Å². The van der Waals surface area contributed by atoms with E-state index >= 15 is 0 Å². The number of allylic oxidation sites excluding steroid dienone is 2. The third-order valence-electron chi connectivity index (χ3n) is 5.81. The predicted octanol–water partition coefficient (Wildman–Crippen LogP) is 5.64. The number of hydrogen-bond acceptors (Lipinski definition) is 1. The normalized spacial score (nSPS) is 15.2. The molecule has 1 heteroatoms. The standard InChI is InChI=1S/C23H18.C2H7N/c1-15-16(2)23(20-12-6-3-9-17(15)20)21-13-7-4-10-18(21)19-11-5-8-14-22(19)23;1-3-2/h3-14H,1-2H3;3H,1-2H3. The molecule has 130 valence electrons. The number of nitrogens with one attached hydrogen (secondary N) is 1. The molecule has 5 rings (SSSR count). The van der Waals surface area contributed by atoms with Gasteiger partial charge < -0.3 is 5.32 Å². The zero-order chi connectivity index (χ0) is 18.3. The summed E-state index contributed by atoms with van der Waals surface area (Å²) in [6.07, 6.45) is 0. The molecule has 1 N–H and O–H groups in total. The topological polar surface area (TPSA) is 12.0 Å². The van der Waals surface area contributed by atoms with Crippen LogP contribution in [-0.2, 0) is 5.41 Å². The van der Waals surface area contributed by atoms with Gasteiger partial charge in [-0.25, -0.2) is 0 Å². The van der Waals surface area contributed by atoms with E-state index in [9.17, 15) is 0 Å². The Bertz CT molecular complexity index is 964. The molecule has 0 aliphatic heterocycles. The third-order valence-corrected chi connectivity index (χ3v) is 5.81. The molecular formula is C25H25N. The summed E-state index contributed by atoms with van der Waals surface area (Å²) in [7, 11) is 3.75. The van der Waals surface area contributed by atoms with Crippen molar-refractivity contribution in [3.05, 3.63) is 101 Å². The highest BCUT2D eigenvalue weighted by atomic mass is 14.7. The summed E-state index contributed by atoms with van der Waals surface area (Å²) in [6.45, 7) is 4.58. The van der Waals surface area contributed by atoms with Crippen molar-refractivity contribution < 1.29 is 0 Å². The first kappa shape index (κ1) is 16.8. The Labute approximate surface area is 156 Å². The van der Waals surface area contributed by atoms with Crippen molar-refractivity contribution >= 4 is 5.57 Å². The van der Waals surface area contributed by atoms with Crippen LogP contribution in [0.5, 0.6) is 0 Å². The van der Waals surface area contributed by atoms with E-state index in [0.29, 0.717) is 0 Å². The first-order valence-electron chi connectivity index (χ1n) is 9.23. The van der Waals surface area contributed by atoms with E-state index in [1.54, 1.807) is 0 Å². The fraction of sp³-hybridized carbons (Fsp3) is 0.200. The molecule has 3 aromatic rings. The van der Waals surface area contributed by atoms with Crippen molar-refractivity contribution in [1.82, 2.24) is 5.32 Å². The van der Waals surface area contributed by atoms with Gasteiger partial charge >= 0.3 is 0 Å². The van der Waals surface area contributed by atoms with E-state index in [0.717, 1.165) is 0 Å². The molecule has 0 amide bonds. The van der Waals surface area contributed by atoms with Gasteiger partial charge in [0, 0.05) is 0 Å². The Morgan fingerprint density at radius 1 is 0.577 bits per heavy atom. The molecule has 0 atom stereocenters. The van der Waals surface area contributed by atoms with Gasteiger partial charge in [-0.2, -0.15) is 0 Å². The van der Waals surface area contributed by atoms with Gasteiger partial charge in [-0.1, -0.05) is 78.4 Å². The predicted molar refractivity (Wildman–Crippen MR) is 111 cm³/mol. The van der Waals surface area contributed by atoms with Crippen molar-refractivity contribution in [2.24, 2.45) is 0 Å². The maximum absolute atomic E-state index is 2.75. The number of fused-ring (bicyclic) bond motifs is 7. The lowest BCUT2D eigenvalue weighted by molar-refractivity contribution is 0.766. The Morgan fingerprint density at radius 2 is 0.923 bits per heavy atom. The van der Waals surface area contributed by atoms with Gasteiger partial charge in [0.05, 0.1) is 5.41 Å². The quantitative estimate of drug-likeness (QED) is 0.558. The summed E-state index contributed by atoms with van der Waals surface area (Å²) in [5.74, 6) is 0. The van der Waals surface area contributed by atoms with Gasteiger partial charge in [0.2, 0.25) is 0 Å². The van der Waals surface area contributed by atoms with Gasteiger partial charge in [0.1, 0.15) is 0 Å². The lowest BCUT2D eigenvalue weighted by atomic mass is 9.70. The Balaban J connectivity index is 0.000000527. The molecule has 0 heterocycles. The van der Waals surface area contributed by atoms with Crippen LogP contribution in [0.25, 0.3) is 16.7 Å². The molecule has 1 nitrogen and oxygen atoms in total. The summed E-state index contributed by atoms with van der Waals surface area (Å²) in [5.41, 5.74) is 11.3. The highest BCUT2D eigenvalue weighted by molar-refractivity contribution is 5.93. The third kappa shape index (κ3) is 2.01. The highest BCUT2D eigenvalue weighted by Crippen LogP contribution is 2.61. The largest absolute Gasteiger partial charge is 0.323 e. The van der Waals surface area contributed by atoms with Crippen LogP contribution in [0.2, 0.25) is 0 Å². The lowest BCUT2D eigenvalue weighted by Gasteiger charge is -2.31. The van der Waals surface area contributed by atoms with Crippen LogP contribution in [-0.4, -0.2) is 14.1 Å². The van der Waals surface area contributed by atoms with Crippen LogP contribution in [0, 0.1) is 0 Å². The fourth-order valence-electron chi connectivity index (χ4n) is 4.75. The van der Waals surface area contributed by atoms with E-state index in [2.05, 4.69) is 92.0 Å². The van der Waals surface area contributed by atoms with E-state index in [1.807, 2.05) is 14.1 Å². The summed E-state index contributed by atoms with van der Waals surface area (Å²) in [5, 5.41) is 2.75. The lowest BCUT2D eigenvalue weighted by Crippen LogP contribution is -2.26. The summed E-state index contributed by atoms with van der Waals surface area (Å²) in [6, 6.07) is 26.7. The molecule has 0 saturated heterocycles. The van der Waals surface area contributed by atoms with Crippen LogP contribution in [0.1, 0.15) is 36.1 Å². The van der Waals surface area contributed by atoms with Crippen molar-refractivity contribution in [1.29, 1.82) is 0 Å². The van der Waals surface area contributed by atoms with Gasteiger partial charge in [-0.3, -0.25) is 0 Å². The molecule has 0 unspecified atom stereocenters. The second-order valence-electron chi connectivity index (χ2n) is 7.14. The monoisotopic (exact) mass is 339 g/mol. The summed E-state index contributed by atoms with van der Waals surface area (Å²) >= 11 is 0. The van der Waals surface area contributed by atoms with E-state index in [4.69, 9.17) is 0 Å². The van der Waals surface area contributed by atoms with E-state index in [1.165, 1.54) is 44.5 Å². The molecule has 3 aromatic carbocycles. The molecule has 0 aromatic heterocycles. The SMILES string of the molecule is CC1=C(C)C2(c3ccccc31)c1ccccc1-c1ccccc12.CNC. The van der Waals surface area contributed by atoms with E-state index in [-0.39, 0.29) is 5.41 Å². The average molecular weight is 339 g/mol. The minimum Gasteiger partial charge on any atom is -0.323 e. The van der Waals surface area contributed by atoms with Gasteiger partial charge in [-0.15, -0.1) is 0 Å². The molecule has 0 fully saturated rings. The Hall–Kier alpha value is -2.64. The molecule has 0 bridgehead atoms. The number of hydrogen-bond donors (Lipinski definition) is 1. The van der Waals surface area contributed by atoms with Gasteiger partial charge in [0.25, 0.3) is 0 Å².